The summed E-state index contributed by atoms with van der Waals surface area (Å²) >= 11 is 0. The number of carbonyl (C=O) groups excluding carboxylic acids is 3. The van der Waals surface area contributed by atoms with Gasteiger partial charge < -0.3 is 20.3 Å². The molecule has 0 radical (unpaired) electrons. The maximum absolute atomic E-state index is 12.7. The predicted molar refractivity (Wildman–Crippen MR) is 99.4 cm³/mol. The van der Waals surface area contributed by atoms with E-state index in [1.54, 1.807) is 21.1 Å². The molecule has 150 valence electrons. The first kappa shape index (κ1) is 20.9. The Morgan fingerprint density at radius 2 is 2.04 bits per heavy atom. The molecule has 0 saturated carbocycles. The molecule has 27 heavy (non-hydrogen) atoms. The molecule has 9 heteroatoms. The zero-order valence-corrected chi connectivity index (χ0v) is 16.7. The molecule has 9 nitrogen and oxygen atoms in total. The van der Waals surface area contributed by atoms with Gasteiger partial charge in [0.05, 0.1) is 13.2 Å². The average molecular weight is 379 g/mol. The number of fused-ring (bicyclic) bond motifs is 1. The van der Waals surface area contributed by atoms with E-state index in [2.05, 4.69) is 29.6 Å². The monoisotopic (exact) mass is 379 g/mol. The molecule has 2 rings (SSSR count). The van der Waals surface area contributed by atoms with Crippen LogP contribution in [0.25, 0.3) is 0 Å². The first-order valence-corrected chi connectivity index (χ1v) is 9.12. The lowest BCUT2D eigenvalue weighted by molar-refractivity contribution is -0.132. The second kappa shape index (κ2) is 8.51. The van der Waals surface area contributed by atoms with Crippen LogP contribution in [0.3, 0.4) is 0 Å². The van der Waals surface area contributed by atoms with E-state index in [0.29, 0.717) is 31.3 Å². The lowest BCUT2D eigenvalue weighted by Crippen LogP contribution is -2.62. The second-order valence-corrected chi connectivity index (χ2v) is 7.40. The average Bonchev–Trinajstić information content (AvgIpc) is 3.03. The van der Waals surface area contributed by atoms with Gasteiger partial charge >= 0.3 is 0 Å². The molecular formula is C18H29N5O4. The lowest BCUT2D eigenvalue weighted by Gasteiger charge is -2.40. The summed E-state index contributed by atoms with van der Waals surface area (Å²) in [7, 11) is 3.14. The Kier molecular flexibility index (Phi) is 6.59. The van der Waals surface area contributed by atoms with Gasteiger partial charge in [0.2, 0.25) is 5.91 Å². The smallest absolute Gasteiger partial charge is 0.272 e. The fraction of sp³-hybridized carbons (Fsp3) is 0.667. The van der Waals surface area contributed by atoms with E-state index in [4.69, 9.17) is 4.74 Å². The van der Waals surface area contributed by atoms with Gasteiger partial charge in [0.1, 0.15) is 11.2 Å². The van der Waals surface area contributed by atoms with Gasteiger partial charge in [-0.25, -0.2) is 0 Å². The van der Waals surface area contributed by atoms with Crippen LogP contribution in [-0.4, -0.2) is 71.8 Å². The highest BCUT2D eigenvalue weighted by molar-refractivity contribution is 6.01. The molecule has 0 saturated heterocycles. The van der Waals surface area contributed by atoms with Crippen molar-refractivity contribution in [3.63, 3.8) is 0 Å². The summed E-state index contributed by atoms with van der Waals surface area (Å²) in [5.41, 5.74) is -0.633. The lowest BCUT2D eigenvalue weighted by atomic mass is 9.95. The molecule has 0 aliphatic carbocycles. The summed E-state index contributed by atoms with van der Waals surface area (Å²) in [6, 6.07) is 1.46. The number of methoxy groups -OCH3 is 1. The Morgan fingerprint density at radius 1 is 1.33 bits per heavy atom. The highest BCUT2D eigenvalue weighted by Crippen LogP contribution is 2.26. The molecule has 1 atom stereocenters. The summed E-state index contributed by atoms with van der Waals surface area (Å²) in [6.45, 7) is 7.34. The van der Waals surface area contributed by atoms with Gasteiger partial charge in [-0.05, 0) is 19.3 Å². The largest absolute Gasteiger partial charge is 0.383 e. The first-order valence-electron chi connectivity index (χ1n) is 9.12. The Morgan fingerprint density at radius 3 is 2.67 bits per heavy atom. The number of aromatic nitrogens is 2. The third kappa shape index (κ3) is 4.47. The van der Waals surface area contributed by atoms with E-state index in [0.717, 1.165) is 6.42 Å². The number of amides is 3. The van der Waals surface area contributed by atoms with Gasteiger partial charge in [0, 0.05) is 33.3 Å². The van der Waals surface area contributed by atoms with Gasteiger partial charge in [-0.1, -0.05) is 13.8 Å². The number of hydrogen-bond acceptors (Lipinski definition) is 5. The van der Waals surface area contributed by atoms with Gasteiger partial charge in [-0.3, -0.25) is 19.1 Å². The minimum atomic E-state index is -1.07. The fourth-order valence-corrected chi connectivity index (χ4v) is 2.86. The van der Waals surface area contributed by atoms with E-state index < -0.39 is 5.54 Å². The van der Waals surface area contributed by atoms with Crippen LogP contribution in [0.5, 0.6) is 0 Å². The van der Waals surface area contributed by atoms with Crippen LogP contribution >= 0.6 is 0 Å². The van der Waals surface area contributed by atoms with Gasteiger partial charge in [-0.2, -0.15) is 5.10 Å². The molecule has 1 aromatic rings. The number of hydrogen-bond donors (Lipinski definition) is 2. The number of rotatable bonds is 8. The second-order valence-electron chi connectivity index (χ2n) is 7.40. The van der Waals surface area contributed by atoms with Crippen molar-refractivity contribution < 1.29 is 19.1 Å². The normalized spacial score (nSPS) is 19.2. The van der Waals surface area contributed by atoms with Gasteiger partial charge in [0.25, 0.3) is 11.8 Å². The van der Waals surface area contributed by atoms with Crippen molar-refractivity contribution in [3.05, 3.63) is 17.5 Å². The summed E-state index contributed by atoms with van der Waals surface area (Å²) in [6.07, 6.45) is 0.859. The van der Waals surface area contributed by atoms with Crippen LogP contribution in [0, 0.1) is 5.92 Å². The van der Waals surface area contributed by atoms with Crippen LogP contribution in [-0.2, 0) is 16.1 Å². The molecule has 3 amide bonds. The van der Waals surface area contributed by atoms with Crippen LogP contribution in [0.4, 0.5) is 0 Å². The fourth-order valence-electron chi connectivity index (χ4n) is 2.86. The van der Waals surface area contributed by atoms with Crippen molar-refractivity contribution in [2.75, 3.05) is 33.9 Å². The molecule has 0 unspecified atom stereocenters. The highest BCUT2D eigenvalue weighted by Gasteiger charge is 2.46. The molecular weight excluding hydrogens is 350 g/mol. The summed E-state index contributed by atoms with van der Waals surface area (Å²) in [5.74, 6) is -0.481. The first-order chi connectivity index (χ1) is 12.7. The van der Waals surface area contributed by atoms with Gasteiger partial charge in [0.15, 0.2) is 5.69 Å². The van der Waals surface area contributed by atoms with Crippen molar-refractivity contribution in [2.24, 2.45) is 5.92 Å². The molecule has 1 aliphatic heterocycles. The number of nitrogens with zero attached hydrogens (tertiary/aromatic N) is 3. The Balaban J connectivity index is 2.16. The van der Waals surface area contributed by atoms with Crippen molar-refractivity contribution in [1.82, 2.24) is 25.3 Å². The van der Waals surface area contributed by atoms with Crippen molar-refractivity contribution in [2.45, 2.75) is 39.3 Å². The number of ether oxygens (including phenoxy) is 1. The van der Waals surface area contributed by atoms with Crippen molar-refractivity contribution in [1.29, 1.82) is 0 Å². The van der Waals surface area contributed by atoms with E-state index in [1.807, 2.05) is 0 Å². The standard InChI is InChI=1S/C18H29N5O4/c1-12(2)6-7-20-17(26)18(3)11-23-14(16(25)22(18)4)10-13(21-23)15(24)19-8-9-27-5/h10,12H,6-9,11H2,1-5H3,(H,19,24)(H,20,26)/t18-/m0/s1. The Labute approximate surface area is 159 Å². The molecule has 1 aliphatic rings. The van der Waals surface area contributed by atoms with Crippen molar-refractivity contribution >= 4 is 17.7 Å². The maximum Gasteiger partial charge on any atom is 0.272 e. The van der Waals surface area contributed by atoms with E-state index >= 15 is 0 Å². The number of carbonyl (C=O) groups is 3. The minimum Gasteiger partial charge on any atom is -0.383 e. The zero-order chi connectivity index (χ0) is 20.2. The topological polar surface area (TPSA) is 106 Å². The van der Waals surface area contributed by atoms with Crippen LogP contribution in [0.1, 0.15) is 48.2 Å². The zero-order valence-electron chi connectivity index (χ0n) is 16.7. The predicted octanol–water partition coefficient (Wildman–Crippen LogP) is 0.266. The van der Waals surface area contributed by atoms with E-state index in [9.17, 15) is 14.4 Å². The summed E-state index contributed by atoms with van der Waals surface area (Å²) in [5, 5.41) is 9.81. The molecule has 1 aromatic heterocycles. The molecule has 2 N–H and O–H groups in total. The molecule has 0 fully saturated rings. The molecule has 0 bridgehead atoms. The van der Waals surface area contributed by atoms with Crippen LogP contribution < -0.4 is 10.6 Å². The van der Waals surface area contributed by atoms with Crippen LogP contribution in [0.2, 0.25) is 0 Å². The summed E-state index contributed by atoms with van der Waals surface area (Å²) < 4.78 is 6.34. The summed E-state index contributed by atoms with van der Waals surface area (Å²) in [4.78, 5) is 39.1. The van der Waals surface area contributed by atoms with E-state index in [1.165, 1.54) is 15.6 Å². The SMILES string of the molecule is COCCNC(=O)c1cc2n(n1)C[C@@](C)(C(=O)NCCC(C)C)N(C)C2=O. The number of nitrogens with one attached hydrogen (secondary N) is 2. The quantitative estimate of drug-likeness (QED) is 0.631. The number of likely N-dealkylation sites (N-methyl/N-ethyl adjacent to an activating group) is 1. The van der Waals surface area contributed by atoms with Crippen LogP contribution in [0.15, 0.2) is 6.07 Å². The van der Waals surface area contributed by atoms with Gasteiger partial charge in [-0.15, -0.1) is 0 Å². The molecule has 0 spiro atoms. The maximum atomic E-state index is 12.7. The highest BCUT2D eigenvalue weighted by atomic mass is 16.5. The minimum absolute atomic E-state index is 0.146. The van der Waals surface area contributed by atoms with Crippen molar-refractivity contribution in [3.8, 4) is 0 Å². The third-order valence-corrected chi connectivity index (χ3v) is 4.82. The molecule has 0 aromatic carbocycles. The molecule has 2 heterocycles. The van der Waals surface area contributed by atoms with E-state index in [-0.39, 0.29) is 30.0 Å². The Hall–Kier alpha value is -2.42. The Bertz CT molecular complexity index is 715. The third-order valence-electron chi connectivity index (χ3n) is 4.82.